The maximum absolute atomic E-state index is 11.7. The minimum Gasteiger partial charge on any atom is -0.382 e. The van der Waals surface area contributed by atoms with E-state index in [1.165, 1.54) is 0 Å². The second-order valence-corrected chi connectivity index (χ2v) is 3.09. The molecule has 7 heteroatoms. The number of halogens is 4. The van der Waals surface area contributed by atoms with Crippen molar-refractivity contribution in [2.75, 3.05) is 11.9 Å². The van der Waals surface area contributed by atoms with Gasteiger partial charge in [-0.05, 0) is 0 Å². The smallest absolute Gasteiger partial charge is 0.382 e. The van der Waals surface area contributed by atoms with Crippen LogP contribution in [0.3, 0.4) is 0 Å². The molecule has 0 aliphatic carbocycles. The van der Waals surface area contributed by atoms with Crippen molar-refractivity contribution in [1.82, 2.24) is 5.32 Å². The Balaban J connectivity index is 3.70. The molecule has 0 bridgehead atoms. The lowest BCUT2D eigenvalue weighted by Gasteiger charge is -2.14. The van der Waals surface area contributed by atoms with Gasteiger partial charge < -0.3 is 10.4 Å². The molecule has 1 atom stereocenters. The van der Waals surface area contributed by atoms with Crippen LogP contribution in [0.1, 0.15) is 6.42 Å². The Labute approximate surface area is 81.4 Å². The van der Waals surface area contributed by atoms with Crippen molar-refractivity contribution in [3.8, 4) is 0 Å². The van der Waals surface area contributed by atoms with Gasteiger partial charge in [0.25, 0.3) is 0 Å². The summed E-state index contributed by atoms with van der Waals surface area (Å²) in [7, 11) is 0. The van der Waals surface area contributed by atoms with Crippen LogP contribution in [0, 0.1) is 0 Å². The summed E-state index contributed by atoms with van der Waals surface area (Å²) in [5.74, 6) is -0.528. The third-order valence-corrected chi connectivity index (χ3v) is 1.59. The molecule has 78 valence electrons. The molecule has 13 heavy (non-hydrogen) atoms. The number of rotatable bonds is 4. The van der Waals surface area contributed by atoms with Crippen LogP contribution in [-0.2, 0) is 4.79 Å². The summed E-state index contributed by atoms with van der Waals surface area (Å²) in [5, 5.41) is 10.8. The quantitative estimate of drug-likeness (QED) is 0.738. The number of alkyl halides is 4. The maximum atomic E-state index is 11.7. The summed E-state index contributed by atoms with van der Waals surface area (Å²) in [4.78, 5) is 10.7. The van der Waals surface area contributed by atoms with Crippen LogP contribution in [0.5, 0.6) is 0 Å². The van der Waals surface area contributed by atoms with Gasteiger partial charge in [-0.2, -0.15) is 13.2 Å². The van der Waals surface area contributed by atoms with E-state index in [0.29, 0.717) is 5.33 Å². The lowest BCUT2D eigenvalue weighted by Crippen LogP contribution is -2.40. The van der Waals surface area contributed by atoms with Gasteiger partial charge in [-0.3, -0.25) is 4.79 Å². The van der Waals surface area contributed by atoms with Gasteiger partial charge in [0.2, 0.25) is 5.91 Å². The van der Waals surface area contributed by atoms with Gasteiger partial charge in [0, 0.05) is 11.8 Å². The fourth-order valence-electron chi connectivity index (χ4n) is 0.500. The third-order valence-electron chi connectivity index (χ3n) is 1.19. The highest BCUT2D eigenvalue weighted by molar-refractivity contribution is 9.09. The number of hydrogen-bond donors (Lipinski definition) is 2. The Hall–Kier alpha value is -0.300. The molecule has 0 heterocycles. The first-order valence-corrected chi connectivity index (χ1v) is 4.57. The summed E-state index contributed by atoms with van der Waals surface area (Å²) in [6.45, 7) is -0.796. The number of carbonyl (C=O) groups excluding carboxylic acids is 1. The van der Waals surface area contributed by atoms with Gasteiger partial charge in [-0.25, -0.2) is 0 Å². The minimum absolute atomic E-state index is 0.0879. The normalized spacial score (nSPS) is 13.9. The number of carbonyl (C=O) groups is 1. The Morgan fingerprint density at radius 3 is 2.46 bits per heavy atom. The van der Waals surface area contributed by atoms with Crippen molar-refractivity contribution < 1.29 is 23.1 Å². The molecule has 0 fully saturated rings. The number of amides is 1. The van der Waals surface area contributed by atoms with E-state index in [4.69, 9.17) is 5.11 Å². The zero-order valence-corrected chi connectivity index (χ0v) is 8.15. The molecule has 0 saturated carbocycles. The van der Waals surface area contributed by atoms with Crippen LogP contribution in [0.4, 0.5) is 13.2 Å². The molecule has 1 amide bonds. The molecule has 1 unspecified atom stereocenters. The van der Waals surface area contributed by atoms with Crippen molar-refractivity contribution in [1.29, 1.82) is 0 Å². The second-order valence-electron chi connectivity index (χ2n) is 2.30. The SMILES string of the molecule is O=C(CCBr)NCC(O)C(F)(F)F. The highest BCUT2D eigenvalue weighted by atomic mass is 79.9. The zero-order valence-electron chi connectivity index (χ0n) is 6.57. The van der Waals surface area contributed by atoms with E-state index in [0.717, 1.165) is 0 Å². The first-order valence-electron chi connectivity index (χ1n) is 3.45. The monoisotopic (exact) mass is 263 g/mol. The average molecular weight is 264 g/mol. The van der Waals surface area contributed by atoms with Crippen LogP contribution < -0.4 is 5.32 Å². The highest BCUT2D eigenvalue weighted by Crippen LogP contribution is 2.19. The van der Waals surface area contributed by atoms with Crippen LogP contribution in [0.2, 0.25) is 0 Å². The molecule has 0 aromatic heterocycles. The van der Waals surface area contributed by atoms with Crippen molar-refractivity contribution >= 4 is 21.8 Å². The summed E-state index contributed by atoms with van der Waals surface area (Å²) >= 11 is 2.95. The van der Waals surface area contributed by atoms with Gasteiger partial charge in [-0.15, -0.1) is 0 Å². The van der Waals surface area contributed by atoms with Gasteiger partial charge in [-0.1, -0.05) is 15.9 Å². The molecule has 2 N–H and O–H groups in total. The fourth-order valence-corrected chi connectivity index (χ4v) is 0.861. The molecule has 0 radical (unpaired) electrons. The Morgan fingerprint density at radius 1 is 1.54 bits per heavy atom. The largest absolute Gasteiger partial charge is 0.416 e. The number of nitrogens with one attached hydrogen (secondary N) is 1. The van der Waals surface area contributed by atoms with Crippen molar-refractivity contribution in [3.63, 3.8) is 0 Å². The van der Waals surface area contributed by atoms with Crippen molar-refractivity contribution in [2.45, 2.75) is 18.7 Å². The molecule has 0 aromatic carbocycles. The van der Waals surface area contributed by atoms with E-state index in [2.05, 4.69) is 15.9 Å². The van der Waals surface area contributed by atoms with Gasteiger partial charge >= 0.3 is 6.18 Å². The predicted octanol–water partition coefficient (Wildman–Crippen LogP) is 0.811. The molecular formula is C6H9BrF3NO2. The summed E-state index contributed by atoms with van der Waals surface area (Å²) < 4.78 is 35.0. The maximum Gasteiger partial charge on any atom is 0.416 e. The van der Waals surface area contributed by atoms with E-state index in [1.807, 2.05) is 5.32 Å². The number of aliphatic hydroxyl groups excluding tert-OH is 1. The second kappa shape index (κ2) is 5.43. The Kier molecular flexibility index (Phi) is 5.31. The molecule has 0 saturated heterocycles. The van der Waals surface area contributed by atoms with Gasteiger partial charge in [0.1, 0.15) is 0 Å². The molecule has 0 aromatic rings. The van der Waals surface area contributed by atoms with Crippen molar-refractivity contribution in [3.05, 3.63) is 0 Å². The molecule has 0 aliphatic rings. The lowest BCUT2D eigenvalue weighted by atomic mass is 10.3. The van der Waals surface area contributed by atoms with Gasteiger partial charge in [0.05, 0.1) is 6.54 Å². The summed E-state index contributed by atoms with van der Waals surface area (Å²) in [6.07, 6.45) is -7.08. The van der Waals surface area contributed by atoms with E-state index < -0.39 is 24.7 Å². The highest BCUT2D eigenvalue weighted by Gasteiger charge is 2.38. The molecule has 0 spiro atoms. The first-order chi connectivity index (χ1) is 5.88. The fraction of sp³-hybridized carbons (Fsp3) is 0.833. The lowest BCUT2D eigenvalue weighted by molar-refractivity contribution is -0.201. The van der Waals surface area contributed by atoms with E-state index in [-0.39, 0.29) is 6.42 Å². The predicted molar refractivity (Wildman–Crippen MR) is 43.5 cm³/mol. The molecule has 0 aliphatic heterocycles. The van der Waals surface area contributed by atoms with E-state index >= 15 is 0 Å². The van der Waals surface area contributed by atoms with Crippen LogP contribution in [0.25, 0.3) is 0 Å². The molecule has 0 rings (SSSR count). The van der Waals surface area contributed by atoms with Gasteiger partial charge in [0.15, 0.2) is 6.10 Å². The standard InChI is InChI=1S/C6H9BrF3NO2/c7-2-1-5(13)11-3-4(12)6(8,9)10/h4,12H,1-3H2,(H,11,13). The first kappa shape index (κ1) is 12.7. The third kappa shape index (κ3) is 5.87. The van der Waals surface area contributed by atoms with Crippen LogP contribution >= 0.6 is 15.9 Å². The van der Waals surface area contributed by atoms with E-state index in [1.54, 1.807) is 0 Å². The van der Waals surface area contributed by atoms with Crippen LogP contribution in [-0.4, -0.2) is 35.2 Å². The van der Waals surface area contributed by atoms with Crippen molar-refractivity contribution in [2.24, 2.45) is 0 Å². The van der Waals surface area contributed by atoms with Crippen LogP contribution in [0.15, 0.2) is 0 Å². The zero-order chi connectivity index (χ0) is 10.5. The topological polar surface area (TPSA) is 49.3 Å². The Morgan fingerprint density at radius 2 is 2.08 bits per heavy atom. The van der Waals surface area contributed by atoms with E-state index in [9.17, 15) is 18.0 Å². The molecular weight excluding hydrogens is 255 g/mol. The minimum atomic E-state index is -4.68. The average Bonchev–Trinajstić information content (AvgIpc) is 1.99. The summed E-state index contributed by atoms with van der Waals surface area (Å²) in [6, 6.07) is 0. The number of aliphatic hydroxyl groups is 1. The Bertz CT molecular complexity index is 174. The number of hydrogen-bond acceptors (Lipinski definition) is 2. The summed E-state index contributed by atoms with van der Waals surface area (Å²) in [5.41, 5.74) is 0. The molecule has 3 nitrogen and oxygen atoms in total.